The predicted octanol–water partition coefficient (Wildman–Crippen LogP) is 4.18. The third-order valence-electron chi connectivity index (χ3n) is 4.06. The van der Waals surface area contributed by atoms with E-state index in [2.05, 4.69) is 12.2 Å². The molecule has 1 fully saturated rings. The van der Waals surface area contributed by atoms with E-state index in [-0.39, 0.29) is 5.91 Å². The Bertz CT molecular complexity index is 531. The fourth-order valence-corrected chi connectivity index (χ4v) is 3.89. The van der Waals surface area contributed by atoms with Crippen molar-refractivity contribution in [1.29, 1.82) is 0 Å². The van der Waals surface area contributed by atoms with E-state index >= 15 is 0 Å². The Morgan fingerprint density at radius 3 is 2.59 bits per heavy atom. The predicted molar refractivity (Wildman–Crippen MR) is 95.4 cm³/mol. The summed E-state index contributed by atoms with van der Waals surface area (Å²) in [5.74, 6) is 0.672. The molecule has 6 heteroatoms. The summed E-state index contributed by atoms with van der Waals surface area (Å²) in [6.07, 6.45) is 4.02. The molecular formula is C16H22Cl2N2OS. The molecule has 1 aromatic rings. The van der Waals surface area contributed by atoms with Gasteiger partial charge in [-0.15, -0.1) is 11.8 Å². The fraction of sp³-hybridized carbons (Fsp3) is 0.562. The second kappa shape index (κ2) is 8.44. The maximum Gasteiger partial charge on any atom is 0.255 e. The van der Waals surface area contributed by atoms with E-state index in [1.165, 1.54) is 11.8 Å². The number of hydrogen-bond acceptors (Lipinski definition) is 3. The van der Waals surface area contributed by atoms with Crippen LogP contribution in [0.2, 0.25) is 10.0 Å². The summed E-state index contributed by atoms with van der Waals surface area (Å²) in [5.41, 5.74) is 0.556. The number of carbonyl (C=O) groups excluding carboxylic acids is 1. The zero-order valence-electron chi connectivity index (χ0n) is 13.0. The second-order valence-corrected chi connectivity index (χ2v) is 7.17. The van der Waals surface area contributed by atoms with Gasteiger partial charge >= 0.3 is 0 Å². The number of halogens is 2. The van der Waals surface area contributed by atoms with Gasteiger partial charge in [0.15, 0.2) is 0 Å². The van der Waals surface area contributed by atoms with Crippen molar-refractivity contribution in [2.45, 2.75) is 24.7 Å². The summed E-state index contributed by atoms with van der Waals surface area (Å²) in [6.45, 7) is 5.74. The summed E-state index contributed by atoms with van der Waals surface area (Å²) >= 11 is 13.9. The number of piperidine rings is 1. The first kappa shape index (κ1) is 17.9. The van der Waals surface area contributed by atoms with E-state index in [4.69, 9.17) is 23.2 Å². The van der Waals surface area contributed by atoms with Crippen LogP contribution in [-0.2, 0) is 0 Å². The van der Waals surface area contributed by atoms with E-state index in [0.29, 0.717) is 21.5 Å². The molecule has 0 aromatic heterocycles. The highest BCUT2D eigenvalue weighted by atomic mass is 35.5. The van der Waals surface area contributed by atoms with E-state index < -0.39 is 0 Å². The Labute approximate surface area is 146 Å². The molecule has 122 valence electrons. The van der Waals surface area contributed by atoms with Crippen molar-refractivity contribution in [2.24, 2.45) is 5.92 Å². The smallest absolute Gasteiger partial charge is 0.255 e. The summed E-state index contributed by atoms with van der Waals surface area (Å²) < 4.78 is 0. The quantitative estimate of drug-likeness (QED) is 0.799. The zero-order chi connectivity index (χ0) is 16.1. The number of nitrogens with one attached hydrogen (secondary N) is 1. The molecule has 0 spiro atoms. The average Bonchev–Trinajstić information content (AvgIpc) is 2.53. The summed E-state index contributed by atoms with van der Waals surface area (Å²) in [4.78, 5) is 15.5. The number of thioether (sulfide) groups is 1. The van der Waals surface area contributed by atoms with Gasteiger partial charge in [0.05, 0.1) is 15.6 Å². The number of carbonyl (C=O) groups is 1. The van der Waals surface area contributed by atoms with Crippen LogP contribution in [0.4, 0.5) is 0 Å². The van der Waals surface area contributed by atoms with Gasteiger partial charge in [0, 0.05) is 18.0 Å². The van der Waals surface area contributed by atoms with E-state index in [9.17, 15) is 4.79 Å². The molecule has 1 saturated heterocycles. The molecule has 3 nitrogen and oxygen atoms in total. The molecule has 0 atom stereocenters. The number of hydrogen-bond donors (Lipinski definition) is 1. The van der Waals surface area contributed by atoms with Gasteiger partial charge < -0.3 is 10.2 Å². The third kappa shape index (κ3) is 4.31. The van der Waals surface area contributed by atoms with Crippen molar-refractivity contribution < 1.29 is 4.79 Å². The van der Waals surface area contributed by atoms with E-state index in [1.54, 1.807) is 6.07 Å². The molecule has 1 heterocycles. The first-order chi connectivity index (χ1) is 10.6. The third-order valence-corrected chi connectivity index (χ3v) is 5.57. The number of rotatable bonds is 5. The van der Waals surface area contributed by atoms with Crippen LogP contribution in [0.25, 0.3) is 0 Å². The van der Waals surface area contributed by atoms with Crippen molar-refractivity contribution >= 4 is 40.9 Å². The molecule has 0 unspecified atom stereocenters. The number of amides is 1. The van der Waals surface area contributed by atoms with Crippen molar-refractivity contribution in [3.63, 3.8) is 0 Å². The lowest BCUT2D eigenvalue weighted by Gasteiger charge is -2.32. The summed E-state index contributed by atoms with van der Waals surface area (Å²) in [5, 5.41) is 4.41. The SMILES string of the molecule is CCNCC1CCN(C(=O)c2cc(SC)c(Cl)cc2Cl)CC1. The normalized spacial score (nSPS) is 16.1. The highest BCUT2D eigenvalue weighted by Gasteiger charge is 2.25. The molecule has 0 saturated carbocycles. The minimum absolute atomic E-state index is 0.0128. The van der Waals surface area contributed by atoms with Crippen molar-refractivity contribution in [2.75, 3.05) is 32.4 Å². The Kier molecular flexibility index (Phi) is 6.87. The molecule has 1 aromatic carbocycles. The van der Waals surface area contributed by atoms with Gasteiger partial charge in [-0.05, 0) is 50.2 Å². The molecule has 0 bridgehead atoms. The lowest BCUT2D eigenvalue weighted by molar-refractivity contribution is 0.0690. The molecule has 2 rings (SSSR count). The Morgan fingerprint density at radius 1 is 1.32 bits per heavy atom. The first-order valence-electron chi connectivity index (χ1n) is 7.59. The largest absolute Gasteiger partial charge is 0.339 e. The second-order valence-electron chi connectivity index (χ2n) is 5.51. The topological polar surface area (TPSA) is 32.3 Å². The van der Waals surface area contributed by atoms with Gasteiger partial charge in [-0.2, -0.15) is 0 Å². The van der Waals surface area contributed by atoms with Crippen LogP contribution in [0.3, 0.4) is 0 Å². The van der Waals surface area contributed by atoms with Crippen molar-refractivity contribution in [1.82, 2.24) is 10.2 Å². The number of benzene rings is 1. The van der Waals surface area contributed by atoms with Crippen LogP contribution in [-0.4, -0.2) is 43.2 Å². The standard InChI is InChI=1S/C16H22Cl2N2OS/c1-3-19-10-11-4-6-20(7-5-11)16(21)12-8-15(22-2)14(18)9-13(12)17/h8-9,11,19H,3-7,10H2,1-2H3. The lowest BCUT2D eigenvalue weighted by Crippen LogP contribution is -2.40. The van der Waals surface area contributed by atoms with Crippen LogP contribution in [0.1, 0.15) is 30.1 Å². The van der Waals surface area contributed by atoms with Crippen molar-refractivity contribution in [3.8, 4) is 0 Å². The van der Waals surface area contributed by atoms with Crippen LogP contribution in [0.15, 0.2) is 17.0 Å². The minimum Gasteiger partial charge on any atom is -0.339 e. The average molecular weight is 361 g/mol. The highest BCUT2D eigenvalue weighted by Crippen LogP contribution is 2.32. The molecule has 0 aliphatic carbocycles. The number of nitrogens with zero attached hydrogens (tertiary/aromatic N) is 1. The van der Waals surface area contributed by atoms with Gasteiger partial charge in [0.2, 0.25) is 0 Å². The molecule has 1 N–H and O–H groups in total. The maximum absolute atomic E-state index is 12.7. The van der Waals surface area contributed by atoms with Gasteiger partial charge in [-0.25, -0.2) is 0 Å². The van der Waals surface area contributed by atoms with Crippen LogP contribution < -0.4 is 5.32 Å². The van der Waals surface area contributed by atoms with Gasteiger partial charge in [-0.1, -0.05) is 30.1 Å². The Hall–Kier alpha value is -0.420. The monoisotopic (exact) mass is 360 g/mol. The molecular weight excluding hydrogens is 339 g/mol. The van der Waals surface area contributed by atoms with Gasteiger partial charge in [0.1, 0.15) is 0 Å². The molecule has 1 amide bonds. The summed E-state index contributed by atoms with van der Waals surface area (Å²) in [7, 11) is 0. The van der Waals surface area contributed by atoms with Gasteiger partial charge in [0.25, 0.3) is 5.91 Å². The molecule has 1 aliphatic heterocycles. The van der Waals surface area contributed by atoms with Crippen LogP contribution in [0.5, 0.6) is 0 Å². The lowest BCUT2D eigenvalue weighted by atomic mass is 9.96. The number of likely N-dealkylation sites (tertiary alicyclic amines) is 1. The highest BCUT2D eigenvalue weighted by molar-refractivity contribution is 7.98. The summed E-state index contributed by atoms with van der Waals surface area (Å²) in [6, 6.07) is 3.47. The van der Waals surface area contributed by atoms with Crippen LogP contribution >= 0.6 is 35.0 Å². The Balaban J connectivity index is 2.04. The van der Waals surface area contributed by atoms with E-state index in [0.717, 1.165) is 43.9 Å². The minimum atomic E-state index is 0.0128. The molecule has 22 heavy (non-hydrogen) atoms. The molecule has 0 radical (unpaired) electrons. The van der Waals surface area contributed by atoms with Crippen molar-refractivity contribution in [3.05, 3.63) is 27.7 Å². The first-order valence-corrected chi connectivity index (χ1v) is 9.57. The van der Waals surface area contributed by atoms with E-state index in [1.807, 2.05) is 17.2 Å². The fourth-order valence-electron chi connectivity index (χ4n) is 2.71. The zero-order valence-corrected chi connectivity index (χ0v) is 15.3. The Morgan fingerprint density at radius 2 is 2.00 bits per heavy atom. The maximum atomic E-state index is 12.7. The van der Waals surface area contributed by atoms with Crippen LogP contribution in [0, 0.1) is 5.92 Å². The molecule has 1 aliphatic rings. The van der Waals surface area contributed by atoms with Gasteiger partial charge in [-0.3, -0.25) is 4.79 Å².